The smallest absolute Gasteiger partial charge is 0.127 e. The molecule has 6 heteroatoms. The van der Waals surface area contributed by atoms with E-state index in [0.29, 0.717) is 5.02 Å². The van der Waals surface area contributed by atoms with E-state index in [2.05, 4.69) is 65.9 Å². The normalized spacial score (nSPS) is 13.7. The Morgan fingerprint density at radius 2 is 1.49 bits per heavy atom. The molecule has 0 spiro atoms. The molecule has 0 radical (unpaired) electrons. The van der Waals surface area contributed by atoms with Crippen LogP contribution in [0, 0.1) is 5.92 Å². The van der Waals surface area contributed by atoms with E-state index < -0.39 is 0 Å². The molecule has 0 N–H and O–H groups in total. The van der Waals surface area contributed by atoms with E-state index in [1.807, 2.05) is 36.4 Å². The number of rotatable bonds is 14. The van der Waals surface area contributed by atoms with Crippen molar-refractivity contribution in [1.82, 2.24) is 14.5 Å². The SMILES string of the molecule is CCN(CC)CCCOc1ccc(-c2cn(-c3ccc(Oc4ccc(Cl)cc4)cc3)c(CCC3CCCC3)n2)cc1. The first-order valence-electron chi connectivity index (χ1n) is 15.2. The fourth-order valence-electron chi connectivity index (χ4n) is 5.64. The molecule has 1 aromatic heterocycles. The number of aromatic nitrogens is 2. The largest absolute Gasteiger partial charge is 0.494 e. The standard InChI is InChI=1S/C35H42ClN3O2/c1-3-38(4-2)24-7-25-40-31-17-11-28(12-18-31)34-26-39(35(37-34)23-10-27-8-5-6-9-27)30-15-21-33(22-16-30)41-32-19-13-29(36)14-20-32/h11-22,26-27H,3-10,23-25H2,1-2H3. The van der Waals surface area contributed by atoms with Crippen molar-refractivity contribution < 1.29 is 9.47 Å². The Morgan fingerprint density at radius 1 is 0.854 bits per heavy atom. The summed E-state index contributed by atoms with van der Waals surface area (Å²) in [5, 5.41) is 0.696. The molecule has 1 fully saturated rings. The summed E-state index contributed by atoms with van der Waals surface area (Å²) in [6.07, 6.45) is 10.8. The van der Waals surface area contributed by atoms with Gasteiger partial charge in [-0.15, -0.1) is 0 Å². The summed E-state index contributed by atoms with van der Waals surface area (Å²) in [6, 6.07) is 24.0. The van der Waals surface area contributed by atoms with Crippen LogP contribution in [0.3, 0.4) is 0 Å². The predicted molar refractivity (Wildman–Crippen MR) is 169 cm³/mol. The minimum absolute atomic E-state index is 0.696. The summed E-state index contributed by atoms with van der Waals surface area (Å²) in [6.45, 7) is 8.38. The van der Waals surface area contributed by atoms with Crippen LogP contribution < -0.4 is 9.47 Å². The molecule has 0 aliphatic heterocycles. The molecule has 1 aliphatic carbocycles. The average molecular weight is 572 g/mol. The van der Waals surface area contributed by atoms with Crippen LogP contribution in [-0.4, -0.2) is 40.7 Å². The van der Waals surface area contributed by atoms with Gasteiger partial charge in [0.1, 0.15) is 23.1 Å². The van der Waals surface area contributed by atoms with E-state index in [9.17, 15) is 0 Å². The fraction of sp³-hybridized carbons (Fsp3) is 0.400. The summed E-state index contributed by atoms with van der Waals surface area (Å²) in [4.78, 5) is 7.56. The molecular weight excluding hydrogens is 530 g/mol. The van der Waals surface area contributed by atoms with Gasteiger partial charge in [0.25, 0.3) is 0 Å². The van der Waals surface area contributed by atoms with Gasteiger partial charge in [0.2, 0.25) is 0 Å². The van der Waals surface area contributed by atoms with Crippen LogP contribution in [0.15, 0.2) is 79.0 Å². The van der Waals surface area contributed by atoms with E-state index in [1.54, 1.807) is 0 Å². The minimum Gasteiger partial charge on any atom is -0.494 e. The summed E-state index contributed by atoms with van der Waals surface area (Å²) in [5.74, 6) is 4.38. The monoisotopic (exact) mass is 571 g/mol. The van der Waals surface area contributed by atoms with Gasteiger partial charge in [-0.25, -0.2) is 4.98 Å². The van der Waals surface area contributed by atoms with Crippen molar-refractivity contribution in [2.45, 2.75) is 58.8 Å². The molecule has 41 heavy (non-hydrogen) atoms. The van der Waals surface area contributed by atoms with Gasteiger partial charge in [-0.1, -0.05) is 51.1 Å². The Morgan fingerprint density at radius 3 is 2.15 bits per heavy atom. The van der Waals surface area contributed by atoms with Crippen LogP contribution >= 0.6 is 11.6 Å². The molecule has 216 valence electrons. The summed E-state index contributed by atoms with van der Waals surface area (Å²) >= 11 is 6.01. The second-order valence-corrected chi connectivity index (χ2v) is 11.3. The van der Waals surface area contributed by atoms with Crippen molar-refractivity contribution in [1.29, 1.82) is 0 Å². The first kappa shape index (κ1) is 29.2. The molecule has 0 saturated heterocycles. The highest BCUT2D eigenvalue weighted by Crippen LogP contribution is 2.31. The number of ether oxygens (including phenoxy) is 2. The third kappa shape index (κ3) is 8.15. The highest BCUT2D eigenvalue weighted by atomic mass is 35.5. The van der Waals surface area contributed by atoms with Crippen molar-refractivity contribution in [2.75, 3.05) is 26.2 Å². The Balaban J connectivity index is 1.29. The molecule has 0 bridgehead atoms. The maximum absolute atomic E-state index is 6.02. The highest BCUT2D eigenvalue weighted by Gasteiger charge is 2.18. The van der Waals surface area contributed by atoms with E-state index in [-0.39, 0.29) is 0 Å². The molecule has 3 aromatic carbocycles. The van der Waals surface area contributed by atoms with Crippen LogP contribution in [0.1, 0.15) is 58.2 Å². The molecule has 5 nitrogen and oxygen atoms in total. The third-order valence-electron chi connectivity index (χ3n) is 8.13. The van der Waals surface area contributed by atoms with Crippen LogP contribution in [0.4, 0.5) is 0 Å². The lowest BCUT2D eigenvalue weighted by Gasteiger charge is -2.17. The van der Waals surface area contributed by atoms with E-state index >= 15 is 0 Å². The number of hydrogen-bond acceptors (Lipinski definition) is 4. The third-order valence-corrected chi connectivity index (χ3v) is 8.38. The van der Waals surface area contributed by atoms with Gasteiger partial charge in [-0.3, -0.25) is 0 Å². The summed E-state index contributed by atoms with van der Waals surface area (Å²) in [7, 11) is 0. The number of nitrogens with zero attached hydrogens (tertiary/aromatic N) is 3. The maximum atomic E-state index is 6.02. The molecule has 4 aromatic rings. The van der Waals surface area contributed by atoms with Gasteiger partial charge >= 0.3 is 0 Å². The van der Waals surface area contributed by atoms with E-state index in [1.165, 1.54) is 32.1 Å². The van der Waals surface area contributed by atoms with Gasteiger partial charge in [0, 0.05) is 35.4 Å². The topological polar surface area (TPSA) is 39.5 Å². The molecule has 1 heterocycles. The molecule has 0 unspecified atom stereocenters. The Bertz CT molecular complexity index is 1340. The average Bonchev–Trinajstić information content (AvgIpc) is 3.69. The molecule has 1 saturated carbocycles. The van der Waals surface area contributed by atoms with Gasteiger partial charge in [-0.2, -0.15) is 0 Å². The Hall–Kier alpha value is -3.28. The number of aryl methyl sites for hydroxylation is 1. The zero-order valence-electron chi connectivity index (χ0n) is 24.4. The Kier molecular flexibility index (Phi) is 10.4. The maximum Gasteiger partial charge on any atom is 0.127 e. The Labute approximate surface area is 250 Å². The summed E-state index contributed by atoms with van der Waals surface area (Å²) in [5.41, 5.74) is 3.17. The molecule has 0 atom stereocenters. The van der Waals surface area contributed by atoms with Crippen molar-refractivity contribution in [3.8, 4) is 34.2 Å². The molecule has 5 rings (SSSR count). The lowest BCUT2D eigenvalue weighted by Crippen LogP contribution is -2.25. The second kappa shape index (κ2) is 14.6. The lowest BCUT2D eigenvalue weighted by molar-refractivity contribution is 0.249. The first-order valence-corrected chi connectivity index (χ1v) is 15.6. The van der Waals surface area contributed by atoms with Crippen molar-refractivity contribution >= 4 is 11.6 Å². The van der Waals surface area contributed by atoms with Gasteiger partial charge in [0.15, 0.2) is 0 Å². The van der Waals surface area contributed by atoms with Gasteiger partial charge < -0.3 is 18.9 Å². The predicted octanol–water partition coefficient (Wildman–Crippen LogP) is 9.22. The van der Waals surface area contributed by atoms with Crippen molar-refractivity contribution in [2.24, 2.45) is 5.92 Å². The molecular formula is C35H42ClN3O2. The van der Waals surface area contributed by atoms with Crippen molar-refractivity contribution in [3.63, 3.8) is 0 Å². The highest BCUT2D eigenvalue weighted by molar-refractivity contribution is 6.30. The van der Waals surface area contributed by atoms with Crippen molar-refractivity contribution in [3.05, 3.63) is 89.8 Å². The lowest BCUT2D eigenvalue weighted by atomic mass is 10.0. The van der Waals surface area contributed by atoms with Crippen LogP contribution in [0.2, 0.25) is 5.02 Å². The number of benzene rings is 3. The molecule has 0 amide bonds. The fourth-order valence-corrected chi connectivity index (χ4v) is 5.77. The zero-order valence-corrected chi connectivity index (χ0v) is 25.2. The van der Waals surface area contributed by atoms with Gasteiger partial charge in [0.05, 0.1) is 12.3 Å². The second-order valence-electron chi connectivity index (χ2n) is 10.9. The quantitative estimate of drug-likeness (QED) is 0.141. The van der Waals surface area contributed by atoms with E-state index in [4.69, 9.17) is 26.1 Å². The first-order chi connectivity index (χ1) is 20.1. The van der Waals surface area contributed by atoms with Crippen LogP contribution in [-0.2, 0) is 6.42 Å². The number of hydrogen-bond donors (Lipinski definition) is 0. The number of imidazole rings is 1. The van der Waals surface area contributed by atoms with Crippen LogP contribution in [0.25, 0.3) is 16.9 Å². The minimum atomic E-state index is 0.696. The van der Waals surface area contributed by atoms with Crippen LogP contribution in [0.5, 0.6) is 17.2 Å². The van der Waals surface area contributed by atoms with E-state index in [0.717, 1.165) is 85.0 Å². The number of halogens is 1. The molecule has 1 aliphatic rings. The summed E-state index contributed by atoms with van der Waals surface area (Å²) < 4.78 is 14.3. The van der Waals surface area contributed by atoms with Gasteiger partial charge in [-0.05, 0) is 105 Å². The zero-order chi connectivity index (χ0) is 28.4.